The highest BCUT2D eigenvalue weighted by Gasteiger charge is 2.19. The topological polar surface area (TPSA) is 79.1 Å². The summed E-state index contributed by atoms with van der Waals surface area (Å²) in [6.07, 6.45) is 0. The fraction of sp³-hybridized carbons (Fsp3) is 0.286. The standard InChI is InChI=1S/C21H20N2O5S2/c1-3-26-19(24)11-23-15-9-16-17(28-12-27-16)10-18(15)30-21(23)22-20(25)13-5-7-14(8-6-13)29-4-2/h5-10H,3-4,11-12H2,1-2H3. The molecule has 0 fully saturated rings. The molecular formula is C21H20N2O5S2. The van der Waals surface area contributed by atoms with Gasteiger partial charge in [0.05, 0.1) is 16.8 Å². The molecule has 2 heterocycles. The van der Waals surface area contributed by atoms with Crippen LogP contribution in [0.4, 0.5) is 0 Å². The van der Waals surface area contributed by atoms with Crippen LogP contribution in [0.2, 0.25) is 0 Å². The first-order valence-electron chi connectivity index (χ1n) is 9.49. The number of ether oxygens (including phenoxy) is 3. The molecule has 156 valence electrons. The van der Waals surface area contributed by atoms with Crippen LogP contribution in [-0.4, -0.2) is 35.6 Å². The summed E-state index contributed by atoms with van der Waals surface area (Å²) in [6, 6.07) is 11.0. The van der Waals surface area contributed by atoms with Gasteiger partial charge in [-0.1, -0.05) is 18.3 Å². The average Bonchev–Trinajstić information content (AvgIpc) is 3.31. The smallest absolute Gasteiger partial charge is 0.326 e. The predicted molar refractivity (Wildman–Crippen MR) is 115 cm³/mol. The molecule has 0 unspecified atom stereocenters. The number of thiazole rings is 1. The largest absolute Gasteiger partial charge is 0.465 e. The number of hydrogen-bond donors (Lipinski definition) is 0. The Morgan fingerprint density at radius 1 is 1.17 bits per heavy atom. The minimum Gasteiger partial charge on any atom is -0.465 e. The Labute approximate surface area is 181 Å². The Kier molecular flexibility index (Phi) is 6.10. The number of amides is 1. The van der Waals surface area contributed by atoms with Crippen LogP contribution < -0.4 is 14.3 Å². The summed E-state index contributed by atoms with van der Waals surface area (Å²) >= 11 is 3.02. The van der Waals surface area contributed by atoms with Gasteiger partial charge < -0.3 is 18.8 Å². The van der Waals surface area contributed by atoms with Gasteiger partial charge in [-0.3, -0.25) is 9.59 Å². The molecule has 0 saturated carbocycles. The molecule has 4 rings (SSSR count). The van der Waals surface area contributed by atoms with Crippen molar-refractivity contribution < 1.29 is 23.8 Å². The van der Waals surface area contributed by atoms with E-state index in [2.05, 4.69) is 11.9 Å². The normalized spacial score (nSPS) is 13.1. The number of esters is 1. The van der Waals surface area contributed by atoms with Gasteiger partial charge >= 0.3 is 5.97 Å². The number of carbonyl (C=O) groups is 2. The van der Waals surface area contributed by atoms with Gasteiger partial charge in [0.2, 0.25) is 6.79 Å². The molecule has 1 aromatic heterocycles. The van der Waals surface area contributed by atoms with Crippen LogP contribution in [-0.2, 0) is 16.1 Å². The molecule has 0 atom stereocenters. The maximum atomic E-state index is 12.8. The third-order valence-electron chi connectivity index (χ3n) is 4.38. The lowest BCUT2D eigenvalue weighted by Gasteiger charge is -2.06. The van der Waals surface area contributed by atoms with E-state index in [0.29, 0.717) is 21.9 Å². The van der Waals surface area contributed by atoms with Crippen molar-refractivity contribution in [3.63, 3.8) is 0 Å². The lowest BCUT2D eigenvalue weighted by molar-refractivity contribution is -0.143. The van der Waals surface area contributed by atoms with Gasteiger partial charge in [-0.05, 0) is 36.9 Å². The molecule has 1 amide bonds. The van der Waals surface area contributed by atoms with Gasteiger partial charge in [-0.15, -0.1) is 11.8 Å². The first-order chi connectivity index (χ1) is 14.6. The molecule has 1 aliphatic heterocycles. The second-order valence-corrected chi connectivity index (χ2v) is 8.67. The van der Waals surface area contributed by atoms with E-state index in [4.69, 9.17) is 14.2 Å². The van der Waals surface area contributed by atoms with Crippen molar-refractivity contribution in [2.24, 2.45) is 4.99 Å². The van der Waals surface area contributed by atoms with Crippen molar-refractivity contribution in [1.29, 1.82) is 0 Å². The Hall–Kier alpha value is -2.78. The van der Waals surface area contributed by atoms with E-state index in [1.807, 2.05) is 18.2 Å². The van der Waals surface area contributed by atoms with Crippen molar-refractivity contribution >= 4 is 45.2 Å². The van der Waals surface area contributed by atoms with Crippen LogP contribution in [0.1, 0.15) is 24.2 Å². The highest BCUT2D eigenvalue weighted by Crippen LogP contribution is 2.37. The van der Waals surface area contributed by atoms with Crippen LogP contribution in [0.25, 0.3) is 10.2 Å². The lowest BCUT2D eigenvalue weighted by atomic mass is 10.2. The van der Waals surface area contributed by atoms with E-state index in [9.17, 15) is 9.59 Å². The summed E-state index contributed by atoms with van der Waals surface area (Å²) in [5.41, 5.74) is 1.23. The lowest BCUT2D eigenvalue weighted by Crippen LogP contribution is -2.23. The number of aromatic nitrogens is 1. The fourth-order valence-corrected chi connectivity index (χ4v) is 4.75. The van der Waals surface area contributed by atoms with Gasteiger partial charge in [0, 0.05) is 22.6 Å². The number of thioether (sulfide) groups is 1. The fourth-order valence-electron chi connectivity index (χ4n) is 3.05. The SMILES string of the molecule is CCOC(=O)Cn1c(=NC(=O)c2ccc(SCC)cc2)sc2cc3c(cc21)OCO3. The molecule has 0 aliphatic carbocycles. The Balaban J connectivity index is 1.76. The molecule has 7 nitrogen and oxygen atoms in total. The van der Waals surface area contributed by atoms with Crippen molar-refractivity contribution in [2.45, 2.75) is 25.3 Å². The van der Waals surface area contributed by atoms with Gasteiger partial charge in [-0.25, -0.2) is 0 Å². The molecule has 0 bridgehead atoms. The summed E-state index contributed by atoms with van der Waals surface area (Å²) in [5.74, 6) is 1.43. The van der Waals surface area contributed by atoms with Crippen LogP contribution >= 0.6 is 23.1 Å². The molecule has 0 spiro atoms. The number of nitrogens with zero attached hydrogens (tertiary/aromatic N) is 2. The number of fused-ring (bicyclic) bond motifs is 2. The molecule has 3 aromatic rings. The predicted octanol–water partition coefficient (Wildman–Crippen LogP) is 3.85. The van der Waals surface area contributed by atoms with E-state index >= 15 is 0 Å². The first kappa shape index (κ1) is 20.5. The summed E-state index contributed by atoms with van der Waals surface area (Å²) in [6.45, 7) is 4.22. The van der Waals surface area contributed by atoms with E-state index in [1.54, 1.807) is 41.5 Å². The summed E-state index contributed by atoms with van der Waals surface area (Å²) in [4.78, 5) is 30.8. The maximum Gasteiger partial charge on any atom is 0.326 e. The minimum atomic E-state index is -0.398. The zero-order chi connectivity index (χ0) is 21.1. The molecule has 0 N–H and O–H groups in total. The third-order valence-corrected chi connectivity index (χ3v) is 6.31. The van der Waals surface area contributed by atoms with Crippen LogP contribution in [0.15, 0.2) is 46.3 Å². The Bertz CT molecular complexity index is 1160. The number of hydrogen-bond acceptors (Lipinski definition) is 7. The van der Waals surface area contributed by atoms with E-state index in [1.165, 1.54) is 11.3 Å². The molecule has 2 aromatic carbocycles. The van der Waals surface area contributed by atoms with E-state index < -0.39 is 5.97 Å². The highest BCUT2D eigenvalue weighted by molar-refractivity contribution is 7.99. The molecule has 30 heavy (non-hydrogen) atoms. The number of rotatable bonds is 6. The van der Waals surface area contributed by atoms with Crippen LogP contribution in [0.5, 0.6) is 11.5 Å². The maximum absolute atomic E-state index is 12.8. The van der Waals surface area contributed by atoms with Crippen molar-refractivity contribution in [1.82, 2.24) is 4.57 Å². The van der Waals surface area contributed by atoms with Gasteiger partial charge in [-0.2, -0.15) is 4.99 Å². The van der Waals surface area contributed by atoms with Gasteiger partial charge in [0.1, 0.15) is 6.54 Å². The zero-order valence-corrected chi connectivity index (χ0v) is 18.2. The zero-order valence-electron chi connectivity index (χ0n) is 16.5. The van der Waals surface area contributed by atoms with Crippen molar-refractivity contribution in [3.05, 3.63) is 46.8 Å². The van der Waals surface area contributed by atoms with E-state index in [-0.39, 0.29) is 25.9 Å². The Morgan fingerprint density at radius 2 is 1.90 bits per heavy atom. The van der Waals surface area contributed by atoms with Crippen molar-refractivity contribution in [2.75, 3.05) is 19.2 Å². The number of benzene rings is 2. The molecular weight excluding hydrogens is 424 g/mol. The monoisotopic (exact) mass is 444 g/mol. The van der Waals surface area contributed by atoms with Gasteiger partial charge in [0.25, 0.3) is 5.91 Å². The summed E-state index contributed by atoms with van der Waals surface area (Å²) < 4.78 is 18.5. The third kappa shape index (κ3) is 4.22. The molecule has 0 radical (unpaired) electrons. The minimum absolute atomic E-state index is 0.0499. The molecule has 1 aliphatic rings. The highest BCUT2D eigenvalue weighted by atomic mass is 32.2. The quantitative estimate of drug-likeness (QED) is 0.425. The number of carbonyl (C=O) groups excluding carboxylic acids is 2. The molecule has 9 heteroatoms. The second-order valence-electron chi connectivity index (χ2n) is 6.32. The van der Waals surface area contributed by atoms with Crippen LogP contribution in [0.3, 0.4) is 0 Å². The second kappa shape index (κ2) is 8.93. The Morgan fingerprint density at radius 3 is 2.60 bits per heavy atom. The average molecular weight is 445 g/mol. The van der Waals surface area contributed by atoms with Crippen LogP contribution in [0, 0.1) is 0 Å². The first-order valence-corrected chi connectivity index (χ1v) is 11.3. The van der Waals surface area contributed by atoms with Gasteiger partial charge in [0.15, 0.2) is 16.3 Å². The van der Waals surface area contributed by atoms with E-state index in [0.717, 1.165) is 20.9 Å². The van der Waals surface area contributed by atoms with Crippen molar-refractivity contribution in [3.8, 4) is 11.5 Å². The summed E-state index contributed by atoms with van der Waals surface area (Å²) in [7, 11) is 0. The molecule has 0 saturated heterocycles. The summed E-state index contributed by atoms with van der Waals surface area (Å²) in [5, 5.41) is 0.